The first kappa shape index (κ1) is 15.3. The molecule has 2 heterocycles. The zero-order valence-electron chi connectivity index (χ0n) is 13.2. The third-order valence-electron chi connectivity index (χ3n) is 4.30. The van der Waals surface area contributed by atoms with E-state index < -0.39 is 17.5 Å². The summed E-state index contributed by atoms with van der Waals surface area (Å²) in [6, 6.07) is 8.91. The molecule has 0 unspecified atom stereocenters. The first-order valence-corrected chi connectivity index (χ1v) is 7.91. The van der Waals surface area contributed by atoms with Crippen LogP contribution in [0.15, 0.2) is 42.6 Å². The quantitative estimate of drug-likeness (QED) is 0.700. The van der Waals surface area contributed by atoms with E-state index in [4.69, 9.17) is 5.73 Å². The number of primary amides is 1. The van der Waals surface area contributed by atoms with Crippen molar-refractivity contribution in [1.82, 2.24) is 14.8 Å². The number of benzene rings is 1. The third kappa shape index (κ3) is 2.73. The van der Waals surface area contributed by atoms with Crippen LogP contribution in [0.25, 0.3) is 5.82 Å². The highest BCUT2D eigenvalue weighted by atomic mass is 19.1. The molecule has 1 saturated carbocycles. The second kappa shape index (κ2) is 5.70. The number of nitrogens with two attached hydrogens (primary N) is 1. The molecule has 0 atom stereocenters. The maximum atomic E-state index is 13.9. The molecule has 3 aromatic rings. The van der Waals surface area contributed by atoms with Gasteiger partial charge in [-0.2, -0.15) is 5.10 Å². The van der Waals surface area contributed by atoms with E-state index in [1.54, 1.807) is 6.07 Å². The van der Waals surface area contributed by atoms with Crippen LogP contribution in [0.1, 0.15) is 50.9 Å². The van der Waals surface area contributed by atoms with Crippen LogP contribution >= 0.6 is 0 Å². The van der Waals surface area contributed by atoms with Crippen molar-refractivity contribution < 1.29 is 14.0 Å². The van der Waals surface area contributed by atoms with Gasteiger partial charge in [0.25, 0.3) is 5.91 Å². The molecule has 2 aromatic heterocycles. The number of nitrogens with zero attached hydrogens (tertiary/aromatic N) is 2. The SMILES string of the molecule is NC(=O)c1cc(C(=O)c2ccccc2F)cn1-c1cc(C2CC2)[nH]n1. The molecular weight excluding hydrogens is 323 g/mol. The van der Waals surface area contributed by atoms with Crippen LogP contribution in [0.4, 0.5) is 4.39 Å². The number of carbonyl (C=O) groups is 2. The normalized spacial score (nSPS) is 13.8. The van der Waals surface area contributed by atoms with Crippen LogP contribution in [0.5, 0.6) is 0 Å². The van der Waals surface area contributed by atoms with Crippen LogP contribution in [0.3, 0.4) is 0 Å². The molecule has 4 rings (SSSR count). The predicted molar refractivity (Wildman–Crippen MR) is 88.2 cm³/mol. The lowest BCUT2D eigenvalue weighted by Crippen LogP contribution is -2.15. The number of hydrogen-bond donors (Lipinski definition) is 2. The van der Waals surface area contributed by atoms with E-state index in [2.05, 4.69) is 10.2 Å². The van der Waals surface area contributed by atoms with E-state index >= 15 is 0 Å². The number of H-pyrrole nitrogens is 1. The van der Waals surface area contributed by atoms with Crippen LogP contribution in [0.2, 0.25) is 0 Å². The van der Waals surface area contributed by atoms with Gasteiger partial charge in [-0.3, -0.25) is 19.3 Å². The molecule has 3 N–H and O–H groups in total. The van der Waals surface area contributed by atoms with E-state index in [0.29, 0.717) is 11.7 Å². The maximum Gasteiger partial charge on any atom is 0.265 e. The van der Waals surface area contributed by atoms with Gasteiger partial charge >= 0.3 is 0 Å². The Morgan fingerprint density at radius 2 is 2.00 bits per heavy atom. The summed E-state index contributed by atoms with van der Waals surface area (Å²) in [5.41, 5.74) is 6.65. The summed E-state index contributed by atoms with van der Waals surface area (Å²) in [6.45, 7) is 0. The Kier molecular flexibility index (Phi) is 3.49. The van der Waals surface area contributed by atoms with E-state index in [9.17, 15) is 14.0 Å². The minimum Gasteiger partial charge on any atom is -0.364 e. The molecule has 1 amide bonds. The van der Waals surface area contributed by atoms with Crippen molar-refractivity contribution in [2.45, 2.75) is 18.8 Å². The molecule has 0 aliphatic heterocycles. The van der Waals surface area contributed by atoms with Crippen molar-refractivity contribution in [1.29, 1.82) is 0 Å². The van der Waals surface area contributed by atoms with Gasteiger partial charge in [0, 0.05) is 29.4 Å². The summed E-state index contributed by atoms with van der Waals surface area (Å²) in [5, 5.41) is 7.14. The molecule has 1 aliphatic rings. The Hall–Kier alpha value is -3.22. The van der Waals surface area contributed by atoms with Gasteiger partial charge < -0.3 is 5.73 Å². The largest absolute Gasteiger partial charge is 0.364 e. The number of aromatic nitrogens is 3. The number of nitrogens with one attached hydrogen (secondary N) is 1. The second-order valence-electron chi connectivity index (χ2n) is 6.11. The Morgan fingerprint density at radius 3 is 2.68 bits per heavy atom. The highest BCUT2D eigenvalue weighted by Crippen LogP contribution is 2.39. The lowest BCUT2D eigenvalue weighted by atomic mass is 10.1. The number of amides is 1. The number of aromatic amines is 1. The predicted octanol–water partition coefficient (Wildman–Crippen LogP) is 2.55. The molecule has 126 valence electrons. The standard InChI is InChI=1S/C18H15FN4O2/c19-13-4-2-1-3-12(13)17(24)11-7-15(18(20)25)23(9-11)16-8-14(21-22-16)10-5-6-10/h1-4,7-10H,5-6H2,(H2,20,25)(H,21,22). The number of carbonyl (C=O) groups excluding carboxylic acids is 2. The molecule has 25 heavy (non-hydrogen) atoms. The van der Waals surface area contributed by atoms with Gasteiger partial charge in [-0.1, -0.05) is 12.1 Å². The van der Waals surface area contributed by atoms with Crippen LogP contribution in [-0.2, 0) is 0 Å². The fourth-order valence-electron chi connectivity index (χ4n) is 2.82. The van der Waals surface area contributed by atoms with Crippen molar-refractivity contribution in [3.8, 4) is 5.82 Å². The van der Waals surface area contributed by atoms with Crippen LogP contribution in [-0.4, -0.2) is 26.5 Å². The van der Waals surface area contributed by atoms with Gasteiger partial charge in [0.1, 0.15) is 11.5 Å². The van der Waals surface area contributed by atoms with Crippen LogP contribution < -0.4 is 5.73 Å². The van der Waals surface area contributed by atoms with Crippen molar-refractivity contribution in [3.05, 3.63) is 70.9 Å². The van der Waals surface area contributed by atoms with Gasteiger partial charge in [-0.15, -0.1) is 0 Å². The van der Waals surface area contributed by atoms with E-state index in [-0.39, 0.29) is 16.8 Å². The molecule has 0 spiro atoms. The van der Waals surface area contributed by atoms with Gasteiger partial charge in [-0.25, -0.2) is 4.39 Å². The summed E-state index contributed by atoms with van der Waals surface area (Å²) in [4.78, 5) is 24.3. The molecule has 0 radical (unpaired) electrons. The Bertz CT molecular complexity index is 985. The first-order valence-electron chi connectivity index (χ1n) is 7.91. The Labute approximate surface area is 142 Å². The molecule has 0 bridgehead atoms. The average Bonchev–Trinajstić information content (AvgIpc) is 3.16. The summed E-state index contributed by atoms with van der Waals surface area (Å²) in [6.07, 6.45) is 3.67. The summed E-state index contributed by atoms with van der Waals surface area (Å²) >= 11 is 0. The highest BCUT2D eigenvalue weighted by Gasteiger charge is 2.27. The smallest absolute Gasteiger partial charge is 0.265 e. The molecule has 1 aliphatic carbocycles. The van der Waals surface area contributed by atoms with Gasteiger partial charge in [-0.05, 0) is 31.0 Å². The maximum absolute atomic E-state index is 13.9. The lowest BCUT2D eigenvalue weighted by Gasteiger charge is -2.01. The second-order valence-corrected chi connectivity index (χ2v) is 6.11. The number of hydrogen-bond acceptors (Lipinski definition) is 3. The van der Waals surface area contributed by atoms with Gasteiger partial charge in [0.05, 0.1) is 5.56 Å². The topological polar surface area (TPSA) is 93.8 Å². The molecule has 1 fully saturated rings. The fraction of sp³-hybridized carbons (Fsp3) is 0.167. The third-order valence-corrected chi connectivity index (χ3v) is 4.30. The molecule has 1 aromatic carbocycles. The summed E-state index contributed by atoms with van der Waals surface area (Å²) < 4.78 is 15.3. The van der Waals surface area contributed by atoms with Crippen molar-refractivity contribution >= 4 is 11.7 Å². The molecular formula is C18H15FN4O2. The lowest BCUT2D eigenvalue weighted by molar-refractivity contribution is 0.0993. The minimum atomic E-state index is -0.691. The first-order chi connectivity index (χ1) is 12.0. The van der Waals surface area contributed by atoms with Crippen molar-refractivity contribution in [2.75, 3.05) is 0 Å². The van der Waals surface area contributed by atoms with Crippen LogP contribution in [0, 0.1) is 5.82 Å². The highest BCUT2D eigenvalue weighted by molar-refractivity contribution is 6.10. The number of halogens is 1. The molecule has 0 saturated heterocycles. The van der Waals surface area contributed by atoms with Gasteiger partial charge in [0.2, 0.25) is 0 Å². The summed E-state index contributed by atoms with van der Waals surface area (Å²) in [5.74, 6) is -0.880. The zero-order chi connectivity index (χ0) is 17.6. The number of rotatable bonds is 5. The minimum absolute atomic E-state index is 0.0589. The van der Waals surface area contributed by atoms with Gasteiger partial charge in [0.15, 0.2) is 11.6 Å². The van der Waals surface area contributed by atoms with E-state index in [1.807, 2.05) is 6.07 Å². The van der Waals surface area contributed by atoms with Crippen molar-refractivity contribution in [3.63, 3.8) is 0 Å². The van der Waals surface area contributed by atoms with Crippen molar-refractivity contribution in [2.24, 2.45) is 5.73 Å². The molecule has 7 heteroatoms. The monoisotopic (exact) mass is 338 g/mol. The zero-order valence-corrected chi connectivity index (χ0v) is 13.2. The van der Waals surface area contributed by atoms with E-state index in [0.717, 1.165) is 18.5 Å². The Morgan fingerprint density at radius 1 is 1.24 bits per heavy atom. The molecule has 6 nitrogen and oxygen atoms in total. The average molecular weight is 338 g/mol. The fourth-order valence-corrected chi connectivity index (χ4v) is 2.82. The Balaban J connectivity index is 1.76. The summed E-state index contributed by atoms with van der Waals surface area (Å²) in [7, 11) is 0. The number of ketones is 1. The van der Waals surface area contributed by atoms with E-state index in [1.165, 1.54) is 35.0 Å².